The molecule has 8 heteroatoms. The second-order valence-corrected chi connectivity index (χ2v) is 7.42. The zero-order chi connectivity index (χ0) is 15.8. The molecule has 2 aromatic rings. The van der Waals surface area contributed by atoms with E-state index in [0.29, 0.717) is 0 Å². The Morgan fingerprint density at radius 3 is 2.10 bits per heavy atom. The Kier molecular flexibility index (Phi) is 4.58. The Hall–Kier alpha value is -1.14. The van der Waals surface area contributed by atoms with Crippen LogP contribution in [0.3, 0.4) is 0 Å². The van der Waals surface area contributed by atoms with Gasteiger partial charge >= 0.3 is 0 Å². The third-order valence-corrected chi connectivity index (χ3v) is 5.59. The summed E-state index contributed by atoms with van der Waals surface area (Å²) >= 11 is 17.9. The highest BCUT2D eigenvalue weighted by atomic mass is 35.5. The van der Waals surface area contributed by atoms with E-state index in [4.69, 9.17) is 40.5 Å². The summed E-state index contributed by atoms with van der Waals surface area (Å²) in [6.45, 7) is 0. The fourth-order valence-corrected chi connectivity index (χ4v) is 3.89. The number of hydrogen-bond acceptors (Lipinski definition) is 3. The first-order chi connectivity index (χ1) is 9.75. The second kappa shape index (κ2) is 5.93. The third kappa shape index (κ3) is 3.06. The minimum Gasteiger partial charge on any atom is -0.397 e. The molecule has 112 valence electrons. The molecule has 0 aliphatic rings. The van der Waals surface area contributed by atoms with Crippen molar-refractivity contribution >= 4 is 56.2 Å². The van der Waals surface area contributed by atoms with E-state index in [1.54, 1.807) is 18.2 Å². The number of nitrogens with zero attached hydrogens (tertiary/aromatic N) is 1. The van der Waals surface area contributed by atoms with E-state index >= 15 is 0 Å². The van der Waals surface area contributed by atoms with Gasteiger partial charge in [0.2, 0.25) is 0 Å². The van der Waals surface area contributed by atoms with Gasteiger partial charge < -0.3 is 5.73 Å². The van der Waals surface area contributed by atoms with Crippen LogP contribution in [-0.4, -0.2) is 15.5 Å². The van der Waals surface area contributed by atoms with Crippen molar-refractivity contribution in [3.8, 4) is 0 Å². The normalized spacial score (nSPS) is 11.4. The number of hydrogen-bond donors (Lipinski definition) is 1. The van der Waals surface area contributed by atoms with Crippen LogP contribution in [0.5, 0.6) is 0 Å². The molecule has 0 atom stereocenters. The molecule has 0 saturated carbocycles. The summed E-state index contributed by atoms with van der Waals surface area (Å²) < 4.78 is 26.2. The average Bonchev–Trinajstić information content (AvgIpc) is 2.41. The molecule has 0 bridgehead atoms. The summed E-state index contributed by atoms with van der Waals surface area (Å²) in [6, 6.07) is 8.84. The molecule has 0 aliphatic carbocycles. The first kappa shape index (κ1) is 16.2. The molecule has 0 unspecified atom stereocenters. The highest BCUT2D eigenvalue weighted by Crippen LogP contribution is 2.36. The Bertz CT molecular complexity index is 774. The molecule has 0 fully saturated rings. The number of nitrogen functional groups attached to an aromatic ring is 1. The quantitative estimate of drug-likeness (QED) is 0.834. The topological polar surface area (TPSA) is 63.4 Å². The van der Waals surface area contributed by atoms with Gasteiger partial charge in [0, 0.05) is 7.05 Å². The van der Waals surface area contributed by atoms with Gasteiger partial charge in [0.05, 0.1) is 31.3 Å². The largest absolute Gasteiger partial charge is 0.397 e. The lowest BCUT2D eigenvalue weighted by molar-refractivity contribution is 0.594. The predicted octanol–water partition coefficient (Wildman–Crippen LogP) is 4.05. The van der Waals surface area contributed by atoms with Crippen LogP contribution < -0.4 is 10.0 Å². The molecular formula is C13H11Cl3N2O2S. The molecule has 0 heterocycles. The summed E-state index contributed by atoms with van der Waals surface area (Å²) in [5.74, 6) is 0. The first-order valence-corrected chi connectivity index (χ1v) is 8.30. The zero-order valence-electron chi connectivity index (χ0n) is 10.8. The third-order valence-electron chi connectivity index (χ3n) is 2.88. The fourth-order valence-electron chi connectivity index (χ4n) is 1.75. The number of benzene rings is 2. The summed E-state index contributed by atoms with van der Waals surface area (Å²) in [5, 5.41) is 0.749. The first-order valence-electron chi connectivity index (χ1n) is 5.73. The number of halogens is 3. The summed E-state index contributed by atoms with van der Waals surface area (Å²) in [7, 11) is -2.48. The second-order valence-electron chi connectivity index (χ2n) is 4.23. The van der Waals surface area contributed by atoms with Crippen molar-refractivity contribution in [3.63, 3.8) is 0 Å². The molecule has 2 N–H and O–H groups in total. The molecule has 21 heavy (non-hydrogen) atoms. The number of nitrogens with two attached hydrogens (primary N) is 1. The lowest BCUT2D eigenvalue weighted by Gasteiger charge is -2.22. The van der Waals surface area contributed by atoms with Crippen LogP contribution in [0.15, 0.2) is 41.3 Å². The summed E-state index contributed by atoms with van der Waals surface area (Å²) in [4.78, 5) is 0.00267. The van der Waals surface area contributed by atoms with Crippen molar-refractivity contribution in [1.82, 2.24) is 0 Å². The lowest BCUT2D eigenvalue weighted by Crippen LogP contribution is -2.27. The highest BCUT2D eigenvalue weighted by molar-refractivity contribution is 7.92. The van der Waals surface area contributed by atoms with Gasteiger partial charge in [-0.25, -0.2) is 8.42 Å². The molecule has 2 rings (SSSR count). The van der Waals surface area contributed by atoms with Crippen molar-refractivity contribution in [3.05, 3.63) is 51.5 Å². The van der Waals surface area contributed by atoms with E-state index in [1.807, 2.05) is 0 Å². The van der Waals surface area contributed by atoms with Crippen molar-refractivity contribution in [2.45, 2.75) is 4.90 Å². The van der Waals surface area contributed by atoms with Crippen molar-refractivity contribution in [2.24, 2.45) is 0 Å². The Balaban J connectivity index is 2.55. The van der Waals surface area contributed by atoms with Gasteiger partial charge in [-0.2, -0.15) is 0 Å². The van der Waals surface area contributed by atoms with Crippen LogP contribution in [-0.2, 0) is 10.0 Å². The van der Waals surface area contributed by atoms with E-state index in [0.717, 1.165) is 4.31 Å². The van der Waals surface area contributed by atoms with Gasteiger partial charge in [-0.05, 0) is 30.3 Å². The molecule has 0 radical (unpaired) electrons. The monoisotopic (exact) mass is 364 g/mol. The van der Waals surface area contributed by atoms with Gasteiger partial charge in [0.15, 0.2) is 0 Å². The van der Waals surface area contributed by atoms with Crippen molar-refractivity contribution in [2.75, 3.05) is 17.1 Å². The van der Waals surface area contributed by atoms with Gasteiger partial charge in [-0.15, -0.1) is 0 Å². The van der Waals surface area contributed by atoms with Crippen LogP contribution >= 0.6 is 34.8 Å². The summed E-state index contributed by atoms with van der Waals surface area (Å²) in [6.07, 6.45) is 0. The van der Waals surface area contributed by atoms with Gasteiger partial charge in [0.1, 0.15) is 0 Å². The summed E-state index contributed by atoms with van der Waals surface area (Å²) in [5.41, 5.74) is 6.03. The molecule has 0 spiro atoms. The van der Waals surface area contributed by atoms with E-state index in [-0.39, 0.29) is 31.3 Å². The molecular weight excluding hydrogens is 355 g/mol. The van der Waals surface area contributed by atoms with Crippen LogP contribution in [0.4, 0.5) is 11.4 Å². The van der Waals surface area contributed by atoms with Crippen LogP contribution in [0.2, 0.25) is 15.1 Å². The van der Waals surface area contributed by atoms with E-state index in [2.05, 4.69) is 0 Å². The number of sulfonamides is 1. The van der Waals surface area contributed by atoms with Crippen LogP contribution in [0.1, 0.15) is 0 Å². The van der Waals surface area contributed by atoms with Gasteiger partial charge in [-0.3, -0.25) is 4.31 Å². The highest BCUT2D eigenvalue weighted by Gasteiger charge is 2.25. The average molecular weight is 366 g/mol. The Morgan fingerprint density at radius 2 is 1.57 bits per heavy atom. The lowest BCUT2D eigenvalue weighted by atomic mass is 10.3. The van der Waals surface area contributed by atoms with E-state index in [1.165, 1.54) is 25.2 Å². The SMILES string of the molecule is CN(c1c(Cl)cccc1Cl)S(=O)(=O)c1ccc(Cl)c(N)c1. The maximum atomic E-state index is 12.6. The number of anilines is 2. The zero-order valence-corrected chi connectivity index (χ0v) is 13.9. The fraction of sp³-hybridized carbons (Fsp3) is 0.0769. The van der Waals surface area contributed by atoms with Crippen LogP contribution in [0.25, 0.3) is 0 Å². The van der Waals surface area contributed by atoms with Crippen LogP contribution in [0, 0.1) is 0 Å². The van der Waals surface area contributed by atoms with Gasteiger partial charge in [-0.1, -0.05) is 40.9 Å². The molecule has 0 aliphatic heterocycles. The molecule has 0 saturated heterocycles. The van der Waals surface area contributed by atoms with Crippen molar-refractivity contribution in [1.29, 1.82) is 0 Å². The molecule has 2 aromatic carbocycles. The molecule has 4 nitrogen and oxygen atoms in total. The maximum absolute atomic E-state index is 12.6. The minimum absolute atomic E-state index is 0.00267. The maximum Gasteiger partial charge on any atom is 0.264 e. The number of para-hydroxylation sites is 1. The Morgan fingerprint density at radius 1 is 1.00 bits per heavy atom. The Labute approximate surface area is 138 Å². The minimum atomic E-state index is -3.85. The van der Waals surface area contributed by atoms with Gasteiger partial charge in [0.25, 0.3) is 10.0 Å². The predicted molar refractivity (Wildman–Crippen MR) is 87.9 cm³/mol. The van der Waals surface area contributed by atoms with E-state index < -0.39 is 10.0 Å². The molecule has 0 amide bonds. The molecule has 0 aromatic heterocycles. The standard InChI is InChI=1S/C13H11Cl3N2O2S/c1-18(13-10(15)3-2-4-11(13)16)21(19,20)8-5-6-9(14)12(17)7-8/h2-7H,17H2,1H3. The van der Waals surface area contributed by atoms with E-state index in [9.17, 15) is 8.42 Å². The smallest absolute Gasteiger partial charge is 0.264 e. The number of rotatable bonds is 3. The van der Waals surface area contributed by atoms with Crippen molar-refractivity contribution < 1.29 is 8.42 Å².